The van der Waals surface area contributed by atoms with Gasteiger partial charge in [0.2, 0.25) is 5.22 Å². The number of benzene rings is 1. The SMILES string of the molecule is CCc1ccc(-c2noc(Cl)c2C=O)cc1. The molecule has 4 heteroatoms. The first-order valence-electron chi connectivity index (χ1n) is 4.96. The van der Waals surface area contributed by atoms with Crippen LogP contribution in [0.25, 0.3) is 11.3 Å². The molecule has 0 radical (unpaired) electrons. The molecule has 0 saturated carbocycles. The predicted octanol–water partition coefficient (Wildman–Crippen LogP) is 3.37. The van der Waals surface area contributed by atoms with Crippen LogP contribution in [0.15, 0.2) is 28.8 Å². The smallest absolute Gasteiger partial charge is 0.237 e. The largest absolute Gasteiger partial charge is 0.343 e. The highest BCUT2D eigenvalue weighted by molar-refractivity contribution is 6.31. The quantitative estimate of drug-likeness (QED) is 0.766. The minimum atomic E-state index is 0.0320. The Balaban J connectivity index is 2.46. The Hall–Kier alpha value is -1.61. The van der Waals surface area contributed by atoms with Crippen LogP contribution in [0.1, 0.15) is 22.8 Å². The van der Waals surface area contributed by atoms with Crippen molar-refractivity contribution >= 4 is 17.9 Å². The zero-order valence-electron chi connectivity index (χ0n) is 8.74. The third-order valence-electron chi connectivity index (χ3n) is 2.44. The van der Waals surface area contributed by atoms with Crippen molar-refractivity contribution in [2.75, 3.05) is 0 Å². The predicted molar refractivity (Wildman–Crippen MR) is 61.7 cm³/mol. The second-order valence-corrected chi connectivity index (χ2v) is 3.73. The van der Waals surface area contributed by atoms with Crippen molar-refractivity contribution in [2.45, 2.75) is 13.3 Å². The Kier molecular flexibility index (Phi) is 3.06. The van der Waals surface area contributed by atoms with Crippen molar-refractivity contribution in [3.8, 4) is 11.3 Å². The van der Waals surface area contributed by atoms with Crippen molar-refractivity contribution in [3.05, 3.63) is 40.6 Å². The fourth-order valence-electron chi connectivity index (χ4n) is 1.49. The summed E-state index contributed by atoms with van der Waals surface area (Å²) in [4.78, 5) is 10.8. The highest BCUT2D eigenvalue weighted by atomic mass is 35.5. The topological polar surface area (TPSA) is 43.1 Å². The number of rotatable bonds is 3. The normalized spacial score (nSPS) is 10.4. The molecule has 0 N–H and O–H groups in total. The van der Waals surface area contributed by atoms with Crippen molar-refractivity contribution in [1.29, 1.82) is 0 Å². The van der Waals surface area contributed by atoms with Crippen LogP contribution in [0.5, 0.6) is 0 Å². The first-order valence-corrected chi connectivity index (χ1v) is 5.33. The third kappa shape index (κ3) is 1.86. The first-order chi connectivity index (χ1) is 7.76. The molecule has 0 atom stereocenters. The van der Waals surface area contributed by atoms with Crippen molar-refractivity contribution < 1.29 is 9.32 Å². The summed E-state index contributed by atoms with van der Waals surface area (Å²) >= 11 is 5.69. The van der Waals surface area contributed by atoms with E-state index in [1.807, 2.05) is 24.3 Å². The number of carbonyl (C=O) groups excluding carboxylic acids is 1. The van der Waals surface area contributed by atoms with Gasteiger partial charge in [0.05, 0.1) is 0 Å². The fraction of sp³-hybridized carbons (Fsp3) is 0.167. The van der Waals surface area contributed by atoms with Gasteiger partial charge in [-0.05, 0) is 23.6 Å². The Labute approximate surface area is 98.0 Å². The molecule has 0 aliphatic heterocycles. The second-order valence-electron chi connectivity index (χ2n) is 3.39. The van der Waals surface area contributed by atoms with Crippen LogP contribution in [-0.2, 0) is 6.42 Å². The van der Waals surface area contributed by atoms with E-state index in [0.717, 1.165) is 12.0 Å². The number of carbonyl (C=O) groups is 1. The molecular weight excluding hydrogens is 226 g/mol. The summed E-state index contributed by atoms with van der Waals surface area (Å²) in [7, 11) is 0. The van der Waals surface area contributed by atoms with E-state index in [2.05, 4.69) is 12.1 Å². The van der Waals surface area contributed by atoms with Gasteiger partial charge in [-0.25, -0.2) is 0 Å². The van der Waals surface area contributed by atoms with E-state index in [0.29, 0.717) is 17.5 Å². The number of hydrogen-bond donors (Lipinski definition) is 0. The van der Waals surface area contributed by atoms with Crippen LogP contribution in [0.3, 0.4) is 0 Å². The summed E-state index contributed by atoms with van der Waals surface area (Å²) in [5.74, 6) is 0. The maximum Gasteiger partial charge on any atom is 0.237 e. The molecule has 2 aromatic rings. The van der Waals surface area contributed by atoms with Crippen LogP contribution in [0.2, 0.25) is 5.22 Å². The van der Waals surface area contributed by atoms with E-state index < -0.39 is 0 Å². The van der Waals surface area contributed by atoms with Gasteiger partial charge >= 0.3 is 0 Å². The highest BCUT2D eigenvalue weighted by Gasteiger charge is 2.14. The Morgan fingerprint density at radius 1 is 1.38 bits per heavy atom. The Morgan fingerprint density at radius 3 is 2.62 bits per heavy atom. The number of aromatic nitrogens is 1. The summed E-state index contributed by atoms with van der Waals surface area (Å²) in [6.07, 6.45) is 1.63. The molecule has 1 aromatic carbocycles. The van der Waals surface area contributed by atoms with E-state index in [9.17, 15) is 4.79 Å². The summed E-state index contributed by atoms with van der Waals surface area (Å²) < 4.78 is 4.78. The zero-order chi connectivity index (χ0) is 11.5. The van der Waals surface area contributed by atoms with Gasteiger partial charge in [-0.2, -0.15) is 0 Å². The molecule has 0 spiro atoms. The maximum atomic E-state index is 10.8. The second kappa shape index (κ2) is 4.49. The Bertz CT molecular complexity index is 502. The van der Waals surface area contributed by atoms with Gasteiger partial charge in [0, 0.05) is 5.56 Å². The molecule has 2 rings (SSSR count). The minimum Gasteiger partial charge on any atom is -0.343 e. The summed E-state index contributed by atoms with van der Waals surface area (Å²) in [5, 5.41) is 3.81. The lowest BCUT2D eigenvalue weighted by Crippen LogP contribution is -1.86. The first kappa shape index (κ1) is 10.9. The lowest BCUT2D eigenvalue weighted by Gasteiger charge is -1.99. The molecule has 3 nitrogen and oxygen atoms in total. The number of hydrogen-bond acceptors (Lipinski definition) is 3. The van der Waals surface area contributed by atoms with Gasteiger partial charge in [0.15, 0.2) is 6.29 Å². The molecule has 1 heterocycles. The van der Waals surface area contributed by atoms with E-state index >= 15 is 0 Å². The zero-order valence-corrected chi connectivity index (χ0v) is 9.49. The van der Waals surface area contributed by atoms with Gasteiger partial charge in [0.25, 0.3) is 0 Å². The van der Waals surface area contributed by atoms with Crippen LogP contribution in [-0.4, -0.2) is 11.4 Å². The van der Waals surface area contributed by atoms with Gasteiger partial charge in [-0.1, -0.05) is 36.3 Å². The maximum absolute atomic E-state index is 10.8. The number of aryl methyl sites for hydroxylation is 1. The molecule has 0 saturated heterocycles. The standard InChI is InChI=1S/C12H10ClNO2/c1-2-8-3-5-9(6-4-8)11-10(7-15)12(13)16-14-11/h3-7H,2H2,1H3. The molecule has 0 aliphatic rings. The lowest BCUT2D eigenvalue weighted by atomic mass is 10.1. The molecule has 0 unspecified atom stereocenters. The van der Waals surface area contributed by atoms with Crippen molar-refractivity contribution in [1.82, 2.24) is 5.16 Å². The number of halogens is 1. The summed E-state index contributed by atoms with van der Waals surface area (Å²) in [6, 6.07) is 7.79. The summed E-state index contributed by atoms with van der Waals surface area (Å²) in [5.41, 5.74) is 2.84. The monoisotopic (exact) mass is 235 g/mol. The molecule has 1 aromatic heterocycles. The van der Waals surface area contributed by atoms with Crippen LogP contribution < -0.4 is 0 Å². The minimum absolute atomic E-state index is 0.0320. The molecule has 0 amide bonds. The van der Waals surface area contributed by atoms with Crippen LogP contribution >= 0.6 is 11.6 Å². The molecule has 82 valence electrons. The molecule has 0 fully saturated rings. The highest BCUT2D eigenvalue weighted by Crippen LogP contribution is 2.27. The van der Waals surface area contributed by atoms with Crippen LogP contribution in [0, 0.1) is 0 Å². The molecule has 0 aliphatic carbocycles. The number of aldehydes is 1. The van der Waals surface area contributed by atoms with Gasteiger partial charge in [0.1, 0.15) is 11.3 Å². The summed E-state index contributed by atoms with van der Waals surface area (Å²) in [6.45, 7) is 2.08. The molecule has 16 heavy (non-hydrogen) atoms. The molecular formula is C12H10ClNO2. The van der Waals surface area contributed by atoms with Crippen molar-refractivity contribution in [2.24, 2.45) is 0 Å². The lowest BCUT2D eigenvalue weighted by molar-refractivity contribution is 0.112. The Morgan fingerprint density at radius 2 is 2.06 bits per heavy atom. The van der Waals surface area contributed by atoms with E-state index in [-0.39, 0.29) is 5.22 Å². The van der Waals surface area contributed by atoms with Crippen molar-refractivity contribution in [3.63, 3.8) is 0 Å². The van der Waals surface area contributed by atoms with Gasteiger partial charge in [-0.15, -0.1) is 0 Å². The van der Waals surface area contributed by atoms with Crippen LogP contribution in [0.4, 0.5) is 0 Å². The average Bonchev–Trinajstić information content (AvgIpc) is 2.70. The third-order valence-corrected chi connectivity index (χ3v) is 2.71. The molecule has 0 bridgehead atoms. The van der Waals surface area contributed by atoms with Gasteiger partial charge < -0.3 is 4.52 Å². The van der Waals surface area contributed by atoms with E-state index in [1.54, 1.807) is 0 Å². The van der Waals surface area contributed by atoms with E-state index in [4.69, 9.17) is 16.1 Å². The average molecular weight is 236 g/mol. The fourth-order valence-corrected chi connectivity index (χ4v) is 1.65. The van der Waals surface area contributed by atoms with Gasteiger partial charge in [-0.3, -0.25) is 4.79 Å². The number of nitrogens with zero attached hydrogens (tertiary/aromatic N) is 1. The van der Waals surface area contributed by atoms with E-state index in [1.165, 1.54) is 5.56 Å².